The van der Waals surface area contributed by atoms with Crippen molar-refractivity contribution < 1.29 is 14.2 Å². The highest BCUT2D eigenvalue weighted by atomic mass is 19.1. The van der Waals surface area contributed by atoms with E-state index in [4.69, 9.17) is 21.1 Å². The van der Waals surface area contributed by atoms with E-state index in [1.807, 2.05) is 24.3 Å². The van der Waals surface area contributed by atoms with Gasteiger partial charge in [0.1, 0.15) is 17.1 Å². The molecular formula is C37H39FN6O2. The maximum Gasteiger partial charge on any atom is 0.319 e. The summed E-state index contributed by atoms with van der Waals surface area (Å²) in [5, 5.41) is 20.0. The molecule has 8 nitrogen and oxygen atoms in total. The van der Waals surface area contributed by atoms with Crippen molar-refractivity contribution in [2.24, 2.45) is 10.8 Å². The van der Waals surface area contributed by atoms with Gasteiger partial charge in [0, 0.05) is 84.1 Å². The number of ether oxygens (including phenoxy) is 1. The van der Waals surface area contributed by atoms with Gasteiger partial charge >= 0.3 is 6.01 Å². The number of anilines is 1. The van der Waals surface area contributed by atoms with Crippen LogP contribution in [0.1, 0.15) is 37.7 Å². The number of phenols is 1. The fourth-order valence-corrected chi connectivity index (χ4v) is 8.65. The number of phenolic OH excluding ortho intramolecular Hbond substituents is 1. The molecule has 3 N–H and O–H groups in total. The van der Waals surface area contributed by atoms with Crippen LogP contribution in [0.5, 0.6) is 11.8 Å². The van der Waals surface area contributed by atoms with Crippen LogP contribution in [-0.4, -0.2) is 84.5 Å². The van der Waals surface area contributed by atoms with Gasteiger partial charge in [-0.1, -0.05) is 24.1 Å². The van der Waals surface area contributed by atoms with Crippen molar-refractivity contribution in [3.8, 4) is 35.2 Å². The second kappa shape index (κ2) is 10.5. The molecule has 4 aliphatic heterocycles. The molecule has 2 unspecified atom stereocenters. The third-order valence-corrected chi connectivity index (χ3v) is 11.2. The quantitative estimate of drug-likeness (QED) is 0.258. The van der Waals surface area contributed by atoms with Crippen LogP contribution in [-0.2, 0) is 0 Å². The number of fused-ring (bicyclic) bond motifs is 4. The van der Waals surface area contributed by atoms with E-state index in [2.05, 4.69) is 26.4 Å². The number of aromatic hydroxyl groups is 1. The van der Waals surface area contributed by atoms with Crippen LogP contribution < -0.4 is 20.3 Å². The fourth-order valence-electron chi connectivity index (χ4n) is 8.65. The number of nitrogens with one attached hydrogen (secondary N) is 2. The van der Waals surface area contributed by atoms with Gasteiger partial charge in [0.2, 0.25) is 0 Å². The van der Waals surface area contributed by atoms with Crippen LogP contribution in [0.15, 0.2) is 42.5 Å². The Morgan fingerprint density at radius 3 is 2.61 bits per heavy atom. The van der Waals surface area contributed by atoms with Crippen LogP contribution in [0.2, 0.25) is 0 Å². The highest BCUT2D eigenvalue weighted by molar-refractivity contribution is 6.04. The van der Waals surface area contributed by atoms with Crippen LogP contribution in [0.25, 0.3) is 32.8 Å². The van der Waals surface area contributed by atoms with E-state index in [0.717, 1.165) is 88.1 Å². The van der Waals surface area contributed by atoms with Gasteiger partial charge < -0.3 is 30.3 Å². The number of hydrogen-bond acceptors (Lipinski definition) is 8. The lowest BCUT2D eigenvalue weighted by atomic mass is 9.78. The summed E-state index contributed by atoms with van der Waals surface area (Å²) in [6.45, 7) is 7.74. The molecule has 2 atom stereocenters. The summed E-state index contributed by atoms with van der Waals surface area (Å²) >= 11 is 0. The predicted octanol–water partition coefficient (Wildman–Crippen LogP) is 4.67. The predicted molar refractivity (Wildman–Crippen MR) is 178 cm³/mol. The largest absolute Gasteiger partial charge is 0.508 e. The molecule has 1 saturated carbocycles. The van der Waals surface area contributed by atoms with Gasteiger partial charge in [-0.05, 0) is 73.9 Å². The van der Waals surface area contributed by atoms with E-state index in [1.165, 1.54) is 6.42 Å². The molecular weight excluding hydrogens is 579 g/mol. The average molecular weight is 619 g/mol. The lowest BCUT2D eigenvalue weighted by Gasteiger charge is -2.49. The number of aromatic nitrogens is 2. The molecule has 0 amide bonds. The van der Waals surface area contributed by atoms with E-state index in [1.54, 1.807) is 18.2 Å². The van der Waals surface area contributed by atoms with Crippen LogP contribution in [0.4, 0.5) is 10.2 Å². The molecule has 9 heteroatoms. The molecule has 5 aliphatic rings. The van der Waals surface area contributed by atoms with E-state index in [-0.39, 0.29) is 22.7 Å². The summed E-state index contributed by atoms with van der Waals surface area (Å²) in [7, 11) is 0. The summed E-state index contributed by atoms with van der Waals surface area (Å²) in [6.07, 6.45) is 11.6. The number of nitrogens with zero attached hydrogens (tertiary/aromatic N) is 4. The summed E-state index contributed by atoms with van der Waals surface area (Å²) < 4.78 is 23.3. The van der Waals surface area contributed by atoms with E-state index in [9.17, 15) is 5.11 Å². The molecule has 46 heavy (non-hydrogen) atoms. The Morgan fingerprint density at radius 1 is 1.04 bits per heavy atom. The summed E-state index contributed by atoms with van der Waals surface area (Å²) in [6, 6.07) is 13.5. The lowest BCUT2D eigenvalue weighted by Crippen LogP contribution is -2.58. The molecule has 5 fully saturated rings. The molecule has 9 rings (SSSR count). The van der Waals surface area contributed by atoms with Crippen LogP contribution in [0.3, 0.4) is 0 Å². The highest BCUT2D eigenvalue weighted by Gasteiger charge is 2.51. The zero-order valence-electron chi connectivity index (χ0n) is 26.0. The molecule has 1 aliphatic carbocycles. The van der Waals surface area contributed by atoms with Gasteiger partial charge in [0.05, 0.1) is 6.61 Å². The normalized spacial score (nSPS) is 24.4. The number of benzene rings is 3. The number of hydrogen-bond donors (Lipinski definition) is 3. The van der Waals surface area contributed by atoms with Gasteiger partial charge in [0.15, 0.2) is 5.82 Å². The topological polar surface area (TPSA) is 85.8 Å². The summed E-state index contributed by atoms with van der Waals surface area (Å²) in [5.41, 5.74) is 2.30. The Balaban J connectivity index is 1.09. The minimum atomic E-state index is -0.472. The minimum Gasteiger partial charge on any atom is -0.508 e. The smallest absolute Gasteiger partial charge is 0.319 e. The number of terminal acetylenes is 1. The number of piperazine rings is 1. The van der Waals surface area contributed by atoms with Crippen molar-refractivity contribution in [2.75, 3.05) is 57.3 Å². The zero-order valence-corrected chi connectivity index (χ0v) is 26.0. The van der Waals surface area contributed by atoms with Crippen molar-refractivity contribution in [3.05, 3.63) is 53.8 Å². The van der Waals surface area contributed by atoms with Gasteiger partial charge in [-0.2, -0.15) is 9.97 Å². The third kappa shape index (κ3) is 4.77. The monoisotopic (exact) mass is 618 g/mol. The first-order chi connectivity index (χ1) is 22.4. The first kappa shape index (κ1) is 28.3. The summed E-state index contributed by atoms with van der Waals surface area (Å²) in [4.78, 5) is 14.6. The third-order valence-electron chi connectivity index (χ3n) is 11.2. The number of likely N-dealkylation sites (tertiary alicyclic amines) is 1. The molecule has 1 aromatic heterocycles. The van der Waals surface area contributed by atoms with Crippen LogP contribution in [0, 0.1) is 29.0 Å². The van der Waals surface area contributed by atoms with Gasteiger partial charge in [0.25, 0.3) is 0 Å². The zero-order chi connectivity index (χ0) is 31.0. The molecule has 236 valence electrons. The second-order valence-corrected chi connectivity index (χ2v) is 14.6. The molecule has 4 aromatic rings. The van der Waals surface area contributed by atoms with Crippen molar-refractivity contribution in [3.63, 3.8) is 0 Å². The van der Waals surface area contributed by atoms with Crippen molar-refractivity contribution in [1.82, 2.24) is 25.5 Å². The van der Waals surface area contributed by atoms with E-state index >= 15 is 4.39 Å². The molecule has 5 heterocycles. The van der Waals surface area contributed by atoms with Gasteiger partial charge in [-0.3, -0.25) is 0 Å². The van der Waals surface area contributed by atoms with Gasteiger partial charge in [-0.15, -0.1) is 6.42 Å². The highest BCUT2D eigenvalue weighted by Crippen LogP contribution is 2.49. The first-order valence-corrected chi connectivity index (χ1v) is 16.7. The maximum atomic E-state index is 16.9. The average Bonchev–Trinajstić information content (AvgIpc) is 3.47. The number of halogens is 1. The van der Waals surface area contributed by atoms with Crippen molar-refractivity contribution >= 4 is 27.5 Å². The van der Waals surface area contributed by atoms with E-state index in [0.29, 0.717) is 46.2 Å². The SMILES string of the molecule is C#Cc1cccc2cc(O)cc(-c3ccc4c(N5CC6CCC(C5)N6)nc(OCC5(CN6CC7(CCNC7)C6)CC5)nc4c3F)c12. The van der Waals surface area contributed by atoms with Crippen molar-refractivity contribution in [2.45, 2.75) is 44.2 Å². The van der Waals surface area contributed by atoms with Gasteiger partial charge in [-0.25, -0.2) is 4.39 Å². The van der Waals surface area contributed by atoms with Crippen LogP contribution >= 0.6 is 0 Å². The Morgan fingerprint density at radius 2 is 1.87 bits per heavy atom. The van der Waals surface area contributed by atoms with E-state index < -0.39 is 5.82 Å². The Labute approximate surface area is 268 Å². The molecule has 3 aromatic carbocycles. The molecule has 0 radical (unpaired) electrons. The molecule has 1 spiro atoms. The maximum absolute atomic E-state index is 16.9. The molecule has 2 bridgehead atoms. The lowest BCUT2D eigenvalue weighted by molar-refractivity contribution is -0.00521. The second-order valence-electron chi connectivity index (χ2n) is 14.6. The summed E-state index contributed by atoms with van der Waals surface area (Å²) in [5.74, 6) is 3.03. The Bertz CT molecular complexity index is 1890. The Hall–Kier alpha value is -3.97. The Kier molecular flexibility index (Phi) is 6.47. The molecule has 4 saturated heterocycles. The standard InChI is InChI=1S/C37H39FN6O2/c1-2-23-4-3-5-24-14-27(45)15-30(31(23)24)28-8-9-29-33(32(28)38)41-35(42-34(29)44-16-25-6-7-26(17-44)40-25)46-22-36(10-11-36)19-43-20-37(21-43)12-13-39-18-37/h1,3-5,8-9,14-15,25-26,39-40,45H,6-7,10-13,16-22H2. The van der Waals surface area contributed by atoms with Crippen molar-refractivity contribution in [1.29, 1.82) is 0 Å². The fraction of sp³-hybridized carbons (Fsp3) is 0.459. The minimum absolute atomic E-state index is 0.0481. The first-order valence-electron chi connectivity index (χ1n) is 16.7. The number of rotatable bonds is 7.